The monoisotopic (exact) mass is 341 g/mol. The zero-order valence-corrected chi connectivity index (χ0v) is 14.4. The zero-order valence-electron chi connectivity index (χ0n) is 14.4. The molecule has 5 nitrogen and oxygen atoms in total. The Morgan fingerprint density at radius 3 is 2.92 bits per heavy atom. The van der Waals surface area contributed by atoms with Crippen LogP contribution in [-0.4, -0.2) is 48.8 Å². The van der Waals surface area contributed by atoms with Gasteiger partial charge < -0.3 is 14.6 Å². The normalized spacial score (nSPS) is 18.0. The van der Waals surface area contributed by atoms with E-state index in [-0.39, 0.29) is 11.7 Å². The van der Waals surface area contributed by atoms with Crippen molar-refractivity contribution in [3.63, 3.8) is 0 Å². The predicted octanol–water partition coefficient (Wildman–Crippen LogP) is 3.15. The SMILES string of the molecule is Cc1ccccc1C1CN(CCOc2cccc(C(=O)O)c2)CCO1. The van der Waals surface area contributed by atoms with Gasteiger partial charge in [-0.05, 0) is 36.2 Å². The molecule has 132 valence electrons. The molecule has 1 unspecified atom stereocenters. The molecule has 0 saturated carbocycles. The second-order valence-electron chi connectivity index (χ2n) is 6.20. The van der Waals surface area contributed by atoms with Crippen molar-refractivity contribution in [2.45, 2.75) is 13.0 Å². The van der Waals surface area contributed by atoms with Gasteiger partial charge in [-0.2, -0.15) is 0 Å². The molecule has 1 fully saturated rings. The summed E-state index contributed by atoms with van der Waals surface area (Å²) in [5.41, 5.74) is 2.72. The van der Waals surface area contributed by atoms with Gasteiger partial charge >= 0.3 is 5.97 Å². The number of aromatic carboxylic acids is 1. The van der Waals surface area contributed by atoms with Crippen LogP contribution in [0.4, 0.5) is 0 Å². The van der Waals surface area contributed by atoms with Crippen molar-refractivity contribution in [2.24, 2.45) is 0 Å². The topological polar surface area (TPSA) is 59.0 Å². The maximum Gasteiger partial charge on any atom is 0.335 e. The standard InChI is InChI=1S/C20H23NO4/c1-15-5-2-3-8-18(15)19-14-21(10-12-25-19)9-11-24-17-7-4-6-16(13-17)20(22)23/h2-8,13,19H,9-12,14H2,1H3,(H,22,23). The van der Waals surface area contributed by atoms with Crippen molar-refractivity contribution in [3.05, 3.63) is 65.2 Å². The lowest BCUT2D eigenvalue weighted by Gasteiger charge is -2.33. The summed E-state index contributed by atoms with van der Waals surface area (Å²) in [5, 5.41) is 9.02. The highest BCUT2D eigenvalue weighted by molar-refractivity contribution is 5.87. The van der Waals surface area contributed by atoms with Crippen LogP contribution in [0.3, 0.4) is 0 Å². The second-order valence-corrected chi connectivity index (χ2v) is 6.20. The van der Waals surface area contributed by atoms with Crippen LogP contribution in [0.1, 0.15) is 27.6 Å². The molecule has 1 atom stereocenters. The number of morpholine rings is 1. The summed E-state index contributed by atoms with van der Waals surface area (Å²) in [5.74, 6) is -0.358. The van der Waals surface area contributed by atoms with Gasteiger partial charge in [0.15, 0.2) is 0 Å². The number of nitrogens with zero attached hydrogens (tertiary/aromatic N) is 1. The fourth-order valence-corrected chi connectivity index (χ4v) is 3.05. The molecule has 1 aliphatic rings. The van der Waals surface area contributed by atoms with Gasteiger partial charge in [0, 0.05) is 19.6 Å². The Morgan fingerprint density at radius 2 is 2.12 bits per heavy atom. The van der Waals surface area contributed by atoms with E-state index in [2.05, 4.69) is 24.0 Å². The highest BCUT2D eigenvalue weighted by Crippen LogP contribution is 2.24. The van der Waals surface area contributed by atoms with Crippen molar-refractivity contribution < 1.29 is 19.4 Å². The summed E-state index contributed by atoms with van der Waals surface area (Å²) >= 11 is 0. The number of aryl methyl sites for hydroxylation is 1. The summed E-state index contributed by atoms with van der Waals surface area (Å²) in [6.07, 6.45) is 0.0882. The van der Waals surface area contributed by atoms with E-state index in [4.69, 9.17) is 14.6 Å². The van der Waals surface area contributed by atoms with E-state index in [1.807, 2.05) is 12.1 Å². The van der Waals surface area contributed by atoms with Crippen molar-refractivity contribution in [3.8, 4) is 5.75 Å². The highest BCUT2D eigenvalue weighted by Gasteiger charge is 2.22. The van der Waals surface area contributed by atoms with Gasteiger partial charge in [0.05, 0.1) is 18.3 Å². The Kier molecular flexibility index (Phi) is 5.68. The number of carboxylic acid groups (broad SMARTS) is 1. The molecule has 0 amide bonds. The van der Waals surface area contributed by atoms with Gasteiger partial charge in [0.25, 0.3) is 0 Å². The van der Waals surface area contributed by atoms with Crippen LogP contribution in [0, 0.1) is 6.92 Å². The van der Waals surface area contributed by atoms with Crippen LogP contribution in [0.15, 0.2) is 48.5 Å². The fourth-order valence-electron chi connectivity index (χ4n) is 3.05. The quantitative estimate of drug-likeness (QED) is 0.875. The third-order valence-electron chi connectivity index (χ3n) is 4.44. The average Bonchev–Trinajstić information content (AvgIpc) is 2.63. The number of hydrogen-bond acceptors (Lipinski definition) is 4. The second kappa shape index (κ2) is 8.14. The van der Waals surface area contributed by atoms with Crippen LogP contribution >= 0.6 is 0 Å². The van der Waals surface area contributed by atoms with Crippen LogP contribution in [-0.2, 0) is 4.74 Å². The Labute approximate surface area is 147 Å². The maximum atomic E-state index is 11.0. The zero-order chi connectivity index (χ0) is 17.6. The van der Waals surface area contributed by atoms with Gasteiger partial charge in [-0.15, -0.1) is 0 Å². The lowest BCUT2D eigenvalue weighted by molar-refractivity contribution is -0.0331. The molecule has 1 heterocycles. The lowest BCUT2D eigenvalue weighted by Crippen LogP contribution is -2.40. The van der Waals surface area contributed by atoms with Crippen LogP contribution in [0.2, 0.25) is 0 Å². The molecule has 5 heteroatoms. The van der Waals surface area contributed by atoms with Gasteiger partial charge in [-0.25, -0.2) is 4.79 Å². The maximum absolute atomic E-state index is 11.0. The van der Waals surface area contributed by atoms with Gasteiger partial charge in [0.1, 0.15) is 12.4 Å². The number of benzene rings is 2. The Bertz CT molecular complexity index is 731. The number of rotatable bonds is 6. The molecule has 2 aromatic carbocycles. The Morgan fingerprint density at radius 1 is 1.28 bits per heavy atom. The fraction of sp³-hybridized carbons (Fsp3) is 0.350. The van der Waals surface area contributed by atoms with Crippen LogP contribution in [0.25, 0.3) is 0 Å². The molecule has 3 rings (SSSR count). The first kappa shape index (κ1) is 17.5. The van der Waals surface area contributed by atoms with E-state index >= 15 is 0 Å². The molecule has 1 aliphatic heterocycles. The molecule has 0 aromatic heterocycles. The predicted molar refractivity (Wildman–Crippen MR) is 95.2 cm³/mol. The first-order valence-corrected chi connectivity index (χ1v) is 8.49. The highest BCUT2D eigenvalue weighted by atomic mass is 16.5. The van der Waals surface area contributed by atoms with Crippen LogP contribution in [0.5, 0.6) is 5.75 Å². The largest absolute Gasteiger partial charge is 0.492 e. The van der Waals surface area contributed by atoms with E-state index in [1.165, 1.54) is 11.1 Å². The van der Waals surface area contributed by atoms with Gasteiger partial charge in [0.2, 0.25) is 0 Å². The minimum absolute atomic E-state index is 0.0882. The molecule has 0 bridgehead atoms. The first-order chi connectivity index (χ1) is 12.1. The van der Waals surface area contributed by atoms with Crippen LogP contribution < -0.4 is 4.74 Å². The first-order valence-electron chi connectivity index (χ1n) is 8.49. The van der Waals surface area contributed by atoms with Crippen molar-refractivity contribution in [1.29, 1.82) is 0 Å². The number of carbonyl (C=O) groups is 1. The van der Waals surface area contributed by atoms with E-state index in [0.717, 1.165) is 19.6 Å². The summed E-state index contributed by atoms with van der Waals surface area (Å²) in [4.78, 5) is 13.3. The number of carboxylic acids is 1. The third-order valence-corrected chi connectivity index (χ3v) is 4.44. The van der Waals surface area contributed by atoms with E-state index in [9.17, 15) is 4.79 Å². The van der Waals surface area contributed by atoms with Crippen molar-refractivity contribution >= 4 is 5.97 Å². The number of ether oxygens (including phenoxy) is 2. The minimum atomic E-state index is -0.945. The summed E-state index contributed by atoms with van der Waals surface area (Å²) in [6, 6.07) is 14.9. The molecule has 0 spiro atoms. The van der Waals surface area contributed by atoms with E-state index in [1.54, 1.807) is 24.3 Å². The summed E-state index contributed by atoms with van der Waals surface area (Å²) in [7, 11) is 0. The average molecular weight is 341 g/mol. The summed E-state index contributed by atoms with van der Waals surface area (Å²) in [6.45, 7) is 5.82. The lowest BCUT2D eigenvalue weighted by atomic mass is 10.0. The Hall–Kier alpha value is -2.37. The molecule has 1 saturated heterocycles. The van der Waals surface area contributed by atoms with E-state index in [0.29, 0.717) is 19.0 Å². The molecule has 1 N–H and O–H groups in total. The number of hydrogen-bond donors (Lipinski definition) is 1. The van der Waals surface area contributed by atoms with E-state index < -0.39 is 5.97 Å². The van der Waals surface area contributed by atoms with Gasteiger partial charge in [-0.1, -0.05) is 30.3 Å². The van der Waals surface area contributed by atoms with Crippen molar-refractivity contribution in [1.82, 2.24) is 4.90 Å². The van der Waals surface area contributed by atoms with Gasteiger partial charge in [-0.3, -0.25) is 4.90 Å². The Balaban J connectivity index is 1.53. The summed E-state index contributed by atoms with van der Waals surface area (Å²) < 4.78 is 11.7. The minimum Gasteiger partial charge on any atom is -0.492 e. The molecular weight excluding hydrogens is 318 g/mol. The smallest absolute Gasteiger partial charge is 0.335 e. The van der Waals surface area contributed by atoms with Crippen molar-refractivity contribution in [2.75, 3.05) is 32.8 Å². The molecule has 0 aliphatic carbocycles. The molecule has 25 heavy (non-hydrogen) atoms. The molecular formula is C20H23NO4. The molecule has 0 radical (unpaired) electrons. The third kappa shape index (κ3) is 4.59. The molecule has 2 aromatic rings.